The molecule has 1 saturated carbocycles. The average Bonchev–Trinajstić information content (AvgIpc) is 2.40. The molecule has 16 heavy (non-hydrogen) atoms. The average molecular weight is 228 g/mol. The highest BCUT2D eigenvalue weighted by atomic mass is 16.5. The molecule has 1 N–H and O–H groups in total. The molecule has 2 unspecified atom stereocenters. The fourth-order valence-electron chi connectivity index (χ4n) is 2.69. The van der Waals surface area contributed by atoms with E-state index in [9.17, 15) is 14.7 Å². The maximum Gasteiger partial charge on any atom is 0.312 e. The van der Waals surface area contributed by atoms with Crippen LogP contribution in [0, 0.1) is 16.2 Å². The standard InChI is InChI=1S/C12H20O4/c1-10(2)11(3,8(13)14)6-7-12(10,4)9(15)16-5/h6-7H2,1-5H3,(H,13,14). The van der Waals surface area contributed by atoms with E-state index in [-0.39, 0.29) is 5.97 Å². The molecule has 0 spiro atoms. The van der Waals surface area contributed by atoms with E-state index in [1.165, 1.54) is 7.11 Å². The number of carbonyl (C=O) groups is 2. The Bertz CT molecular complexity index is 334. The summed E-state index contributed by atoms with van der Waals surface area (Å²) in [5.41, 5.74) is -2.23. The maximum absolute atomic E-state index is 11.8. The van der Waals surface area contributed by atoms with Crippen LogP contribution in [0.25, 0.3) is 0 Å². The van der Waals surface area contributed by atoms with Crippen molar-refractivity contribution >= 4 is 11.9 Å². The highest BCUT2D eigenvalue weighted by Crippen LogP contribution is 2.63. The van der Waals surface area contributed by atoms with Crippen LogP contribution < -0.4 is 0 Å². The molecular weight excluding hydrogens is 208 g/mol. The van der Waals surface area contributed by atoms with Crippen molar-refractivity contribution in [3.05, 3.63) is 0 Å². The van der Waals surface area contributed by atoms with Crippen molar-refractivity contribution in [2.45, 2.75) is 40.5 Å². The van der Waals surface area contributed by atoms with Gasteiger partial charge in [0.15, 0.2) is 0 Å². The van der Waals surface area contributed by atoms with Crippen molar-refractivity contribution in [1.29, 1.82) is 0 Å². The molecule has 4 nitrogen and oxygen atoms in total. The van der Waals surface area contributed by atoms with Crippen molar-refractivity contribution in [3.63, 3.8) is 0 Å². The van der Waals surface area contributed by atoms with Gasteiger partial charge in [0.25, 0.3) is 0 Å². The molecule has 1 fully saturated rings. The zero-order valence-corrected chi connectivity index (χ0v) is 10.6. The molecule has 1 rings (SSSR count). The SMILES string of the molecule is COC(=O)C1(C)CCC(C)(C(=O)O)C1(C)C. The van der Waals surface area contributed by atoms with Crippen LogP contribution in [0.4, 0.5) is 0 Å². The van der Waals surface area contributed by atoms with Crippen LogP contribution in [0.2, 0.25) is 0 Å². The number of ether oxygens (including phenoxy) is 1. The van der Waals surface area contributed by atoms with Gasteiger partial charge in [-0.25, -0.2) is 0 Å². The van der Waals surface area contributed by atoms with Gasteiger partial charge in [0, 0.05) is 0 Å². The molecule has 0 aromatic rings. The van der Waals surface area contributed by atoms with Crippen LogP contribution >= 0.6 is 0 Å². The maximum atomic E-state index is 11.8. The highest BCUT2D eigenvalue weighted by molar-refractivity contribution is 5.83. The number of aliphatic carboxylic acids is 1. The Hall–Kier alpha value is -1.06. The molecule has 0 aromatic heterocycles. The third-order valence-electron chi connectivity index (χ3n) is 4.99. The van der Waals surface area contributed by atoms with E-state index >= 15 is 0 Å². The van der Waals surface area contributed by atoms with E-state index in [4.69, 9.17) is 4.74 Å². The minimum Gasteiger partial charge on any atom is -0.481 e. The van der Waals surface area contributed by atoms with Gasteiger partial charge in [0.05, 0.1) is 17.9 Å². The van der Waals surface area contributed by atoms with Crippen LogP contribution in [0.5, 0.6) is 0 Å². The van der Waals surface area contributed by atoms with Crippen molar-refractivity contribution in [1.82, 2.24) is 0 Å². The van der Waals surface area contributed by atoms with E-state index in [1.807, 2.05) is 13.8 Å². The largest absolute Gasteiger partial charge is 0.481 e. The van der Waals surface area contributed by atoms with Gasteiger partial charge in [0.2, 0.25) is 0 Å². The molecule has 0 radical (unpaired) electrons. The van der Waals surface area contributed by atoms with E-state index in [0.717, 1.165) is 0 Å². The molecule has 1 aliphatic carbocycles. The van der Waals surface area contributed by atoms with Gasteiger partial charge >= 0.3 is 11.9 Å². The molecule has 4 heteroatoms. The molecule has 0 saturated heterocycles. The monoisotopic (exact) mass is 228 g/mol. The molecule has 0 amide bonds. The van der Waals surface area contributed by atoms with Gasteiger partial charge in [-0.1, -0.05) is 13.8 Å². The first-order chi connectivity index (χ1) is 7.13. The number of esters is 1. The van der Waals surface area contributed by atoms with Crippen molar-refractivity contribution < 1.29 is 19.4 Å². The lowest BCUT2D eigenvalue weighted by atomic mass is 9.59. The lowest BCUT2D eigenvalue weighted by Gasteiger charge is -2.43. The van der Waals surface area contributed by atoms with E-state index < -0.39 is 22.2 Å². The summed E-state index contributed by atoms with van der Waals surface area (Å²) in [6.07, 6.45) is 1.05. The molecule has 1 aliphatic rings. The Morgan fingerprint density at radius 2 is 1.50 bits per heavy atom. The lowest BCUT2D eigenvalue weighted by Crippen LogP contribution is -2.48. The minimum atomic E-state index is -0.879. The number of hydrogen-bond acceptors (Lipinski definition) is 3. The quantitative estimate of drug-likeness (QED) is 0.735. The zero-order valence-electron chi connectivity index (χ0n) is 10.6. The molecule has 0 aliphatic heterocycles. The Morgan fingerprint density at radius 1 is 1.06 bits per heavy atom. The normalized spacial score (nSPS) is 37.1. The predicted molar refractivity (Wildman–Crippen MR) is 58.9 cm³/mol. The summed E-state index contributed by atoms with van der Waals surface area (Å²) in [5.74, 6) is -1.16. The van der Waals surface area contributed by atoms with Crippen LogP contribution in [-0.2, 0) is 14.3 Å². The summed E-state index contributed by atoms with van der Waals surface area (Å²) >= 11 is 0. The summed E-state index contributed by atoms with van der Waals surface area (Å²) in [6, 6.07) is 0. The van der Waals surface area contributed by atoms with Crippen LogP contribution in [0.1, 0.15) is 40.5 Å². The molecule has 0 aromatic carbocycles. The lowest BCUT2D eigenvalue weighted by molar-refractivity contribution is -0.167. The predicted octanol–water partition coefficient (Wildman–Crippen LogP) is 2.08. The number of methoxy groups -OCH3 is 1. The molecule has 0 bridgehead atoms. The third kappa shape index (κ3) is 1.28. The Labute approximate surface area is 96.0 Å². The van der Waals surface area contributed by atoms with Crippen LogP contribution in [-0.4, -0.2) is 24.2 Å². The first-order valence-corrected chi connectivity index (χ1v) is 5.45. The Balaban J connectivity index is 3.24. The van der Waals surface area contributed by atoms with Crippen molar-refractivity contribution in [2.24, 2.45) is 16.2 Å². The second kappa shape index (κ2) is 3.47. The summed E-state index contributed by atoms with van der Waals surface area (Å²) in [4.78, 5) is 23.2. The molecule has 0 heterocycles. The number of hydrogen-bond donors (Lipinski definition) is 1. The van der Waals surface area contributed by atoms with Gasteiger partial charge in [-0.2, -0.15) is 0 Å². The highest BCUT2D eigenvalue weighted by Gasteiger charge is 2.65. The Morgan fingerprint density at radius 3 is 1.81 bits per heavy atom. The smallest absolute Gasteiger partial charge is 0.312 e. The summed E-state index contributed by atoms with van der Waals surface area (Å²) in [7, 11) is 1.35. The first kappa shape index (κ1) is 13.0. The minimum absolute atomic E-state index is 0.317. The van der Waals surface area contributed by atoms with Crippen molar-refractivity contribution in [3.8, 4) is 0 Å². The van der Waals surface area contributed by atoms with Crippen LogP contribution in [0.15, 0.2) is 0 Å². The second-order valence-electron chi connectivity index (χ2n) is 5.59. The fraction of sp³-hybridized carbons (Fsp3) is 0.833. The third-order valence-corrected chi connectivity index (χ3v) is 4.99. The number of carboxylic acids is 1. The zero-order chi connectivity index (χ0) is 12.8. The molecule has 92 valence electrons. The fourth-order valence-corrected chi connectivity index (χ4v) is 2.69. The van der Waals surface area contributed by atoms with Gasteiger partial charge in [-0.05, 0) is 32.1 Å². The number of rotatable bonds is 2. The van der Waals surface area contributed by atoms with Gasteiger partial charge in [-0.3, -0.25) is 9.59 Å². The second-order valence-corrected chi connectivity index (χ2v) is 5.59. The first-order valence-electron chi connectivity index (χ1n) is 5.45. The number of carbonyl (C=O) groups excluding carboxylic acids is 1. The van der Waals surface area contributed by atoms with E-state index in [0.29, 0.717) is 12.8 Å². The molecule has 2 atom stereocenters. The summed E-state index contributed by atoms with van der Waals surface area (Å²) < 4.78 is 4.81. The van der Waals surface area contributed by atoms with Crippen LogP contribution in [0.3, 0.4) is 0 Å². The van der Waals surface area contributed by atoms with E-state index in [2.05, 4.69) is 0 Å². The Kier molecular flexibility index (Phi) is 2.82. The van der Waals surface area contributed by atoms with E-state index in [1.54, 1.807) is 13.8 Å². The van der Waals surface area contributed by atoms with Gasteiger partial charge < -0.3 is 9.84 Å². The van der Waals surface area contributed by atoms with Gasteiger partial charge in [-0.15, -0.1) is 0 Å². The topological polar surface area (TPSA) is 63.6 Å². The van der Waals surface area contributed by atoms with Gasteiger partial charge in [0.1, 0.15) is 0 Å². The van der Waals surface area contributed by atoms with Crippen molar-refractivity contribution in [2.75, 3.05) is 7.11 Å². The molecular formula is C12H20O4. The number of carboxylic acid groups (broad SMARTS) is 1. The summed E-state index contributed by atoms with van der Waals surface area (Å²) in [5, 5.41) is 9.34. The summed E-state index contributed by atoms with van der Waals surface area (Å²) in [6.45, 7) is 7.19.